The molecule has 110 valence electrons. The summed E-state index contributed by atoms with van der Waals surface area (Å²) in [6, 6.07) is 13.4. The largest absolute Gasteiger partial charge is 0.378 e. The summed E-state index contributed by atoms with van der Waals surface area (Å²) < 4.78 is 13.8. The Bertz CT molecular complexity index is 630. The first-order valence-corrected chi connectivity index (χ1v) is 8.44. The highest BCUT2D eigenvalue weighted by molar-refractivity contribution is 9.10. The number of benzene rings is 2. The maximum atomic E-state index is 13.3. The lowest BCUT2D eigenvalue weighted by Gasteiger charge is -2.18. The van der Waals surface area contributed by atoms with E-state index in [-0.39, 0.29) is 11.9 Å². The van der Waals surface area contributed by atoms with Crippen LogP contribution in [0.25, 0.3) is 0 Å². The zero-order valence-corrected chi connectivity index (χ0v) is 14.2. The monoisotopic (exact) mass is 365 g/mol. The maximum Gasteiger partial charge on any atom is 0.137 e. The second-order valence-electron chi connectivity index (χ2n) is 4.64. The van der Waals surface area contributed by atoms with Crippen molar-refractivity contribution in [3.63, 3.8) is 0 Å². The molecule has 2 aromatic rings. The Morgan fingerprint density at radius 2 is 2.10 bits per heavy atom. The number of para-hydroxylation sites is 1. The molecule has 0 aliphatic heterocycles. The highest BCUT2D eigenvalue weighted by Crippen LogP contribution is 2.30. The van der Waals surface area contributed by atoms with E-state index >= 15 is 0 Å². The van der Waals surface area contributed by atoms with Crippen LogP contribution in [0.2, 0.25) is 0 Å². The first-order chi connectivity index (χ1) is 10.1. The number of halogens is 2. The number of rotatable bonds is 6. The molecule has 0 aliphatic rings. The molecule has 1 nitrogen and oxygen atoms in total. The minimum Gasteiger partial charge on any atom is -0.378 e. The van der Waals surface area contributed by atoms with Crippen LogP contribution in [-0.4, -0.2) is 5.75 Å². The van der Waals surface area contributed by atoms with Gasteiger partial charge >= 0.3 is 0 Å². The van der Waals surface area contributed by atoms with Gasteiger partial charge < -0.3 is 5.32 Å². The lowest BCUT2D eigenvalue weighted by Crippen LogP contribution is -2.07. The van der Waals surface area contributed by atoms with E-state index in [9.17, 15) is 4.39 Å². The van der Waals surface area contributed by atoms with Crippen molar-refractivity contribution in [3.05, 3.63) is 71.0 Å². The van der Waals surface area contributed by atoms with E-state index in [4.69, 9.17) is 0 Å². The van der Waals surface area contributed by atoms with Crippen LogP contribution in [0.3, 0.4) is 0 Å². The SMILES string of the molecule is C=CCSc1ccccc1NC(C)c1ccc(F)c(Br)c1. The summed E-state index contributed by atoms with van der Waals surface area (Å²) in [5.74, 6) is 0.628. The van der Waals surface area contributed by atoms with Gasteiger partial charge in [-0.15, -0.1) is 18.3 Å². The molecule has 0 saturated heterocycles. The summed E-state index contributed by atoms with van der Waals surface area (Å²) in [4.78, 5) is 1.19. The lowest BCUT2D eigenvalue weighted by molar-refractivity contribution is 0.619. The predicted octanol–water partition coefficient (Wildman–Crippen LogP) is 6.04. The van der Waals surface area contributed by atoms with Crippen molar-refractivity contribution in [3.8, 4) is 0 Å². The molecule has 0 fully saturated rings. The van der Waals surface area contributed by atoms with Gasteiger partial charge in [-0.25, -0.2) is 4.39 Å². The molecule has 1 N–H and O–H groups in total. The van der Waals surface area contributed by atoms with Crippen LogP contribution < -0.4 is 5.32 Å². The fraction of sp³-hybridized carbons (Fsp3) is 0.176. The zero-order valence-electron chi connectivity index (χ0n) is 11.8. The Kier molecular flexibility index (Phi) is 5.88. The average Bonchev–Trinajstić information content (AvgIpc) is 2.49. The van der Waals surface area contributed by atoms with Gasteiger partial charge in [-0.2, -0.15) is 0 Å². The molecule has 0 bridgehead atoms. The number of hydrogen-bond acceptors (Lipinski definition) is 2. The van der Waals surface area contributed by atoms with Gasteiger partial charge in [0.1, 0.15) is 5.82 Å². The summed E-state index contributed by atoms with van der Waals surface area (Å²) in [5.41, 5.74) is 2.11. The van der Waals surface area contributed by atoms with Crippen LogP contribution in [0.4, 0.5) is 10.1 Å². The molecule has 0 saturated carbocycles. The second-order valence-corrected chi connectivity index (χ2v) is 6.55. The summed E-state index contributed by atoms with van der Waals surface area (Å²) >= 11 is 4.97. The molecule has 21 heavy (non-hydrogen) atoms. The molecular formula is C17H17BrFNS. The predicted molar refractivity (Wildman–Crippen MR) is 93.5 cm³/mol. The number of thioether (sulfide) groups is 1. The van der Waals surface area contributed by atoms with E-state index in [0.29, 0.717) is 4.47 Å². The Morgan fingerprint density at radius 1 is 1.33 bits per heavy atom. The maximum absolute atomic E-state index is 13.3. The van der Waals surface area contributed by atoms with Crippen LogP contribution in [-0.2, 0) is 0 Å². The van der Waals surface area contributed by atoms with Gasteiger partial charge in [0.2, 0.25) is 0 Å². The fourth-order valence-corrected chi connectivity index (χ4v) is 3.11. The molecule has 0 radical (unpaired) electrons. The van der Waals surface area contributed by atoms with Gasteiger partial charge in [0.15, 0.2) is 0 Å². The summed E-state index contributed by atoms with van der Waals surface area (Å²) in [6.45, 7) is 5.81. The smallest absolute Gasteiger partial charge is 0.137 e. The topological polar surface area (TPSA) is 12.0 Å². The number of hydrogen-bond donors (Lipinski definition) is 1. The molecule has 2 aromatic carbocycles. The lowest BCUT2D eigenvalue weighted by atomic mass is 10.1. The third-order valence-electron chi connectivity index (χ3n) is 3.06. The molecule has 0 aliphatic carbocycles. The Labute approximate surface area is 137 Å². The van der Waals surface area contributed by atoms with Crippen LogP contribution >= 0.6 is 27.7 Å². The van der Waals surface area contributed by atoms with Crippen LogP contribution in [0.5, 0.6) is 0 Å². The van der Waals surface area contributed by atoms with Crippen molar-refractivity contribution < 1.29 is 4.39 Å². The molecule has 4 heteroatoms. The van der Waals surface area contributed by atoms with E-state index in [1.165, 1.54) is 11.0 Å². The minimum atomic E-state index is -0.243. The van der Waals surface area contributed by atoms with Crippen LogP contribution in [0.15, 0.2) is 64.5 Å². The molecule has 1 atom stereocenters. The van der Waals surface area contributed by atoms with Crippen molar-refractivity contribution in [1.82, 2.24) is 0 Å². The summed E-state index contributed by atoms with van der Waals surface area (Å²) in [5, 5.41) is 3.48. The van der Waals surface area contributed by atoms with Crippen molar-refractivity contribution >= 4 is 33.4 Å². The van der Waals surface area contributed by atoms with Gasteiger partial charge in [0, 0.05) is 22.4 Å². The molecular weight excluding hydrogens is 349 g/mol. The van der Waals surface area contributed by atoms with Gasteiger partial charge in [-0.1, -0.05) is 24.3 Å². The normalized spacial score (nSPS) is 12.0. The van der Waals surface area contributed by atoms with Gasteiger partial charge in [0.05, 0.1) is 4.47 Å². The molecule has 1 unspecified atom stereocenters. The van der Waals surface area contributed by atoms with Crippen molar-refractivity contribution in [1.29, 1.82) is 0 Å². The standard InChI is InChI=1S/C17H17BrFNS/c1-3-10-21-17-7-5-4-6-16(17)20-12(2)13-8-9-15(19)14(18)11-13/h3-9,11-12,20H,1,10H2,2H3. The fourth-order valence-electron chi connectivity index (χ4n) is 1.96. The van der Waals surface area contributed by atoms with Crippen LogP contribution in [0, 0.1) is 5.82 Å². The molecule has 0 aromatic heterocycles. The third kappa shape index (κ3) is 4.35. The average molecular weight is 366 g/mol. The van der Waals surface area contributed by atoms with E-state index in [1.54, 1.807) is 17.8 Å². The van der Waals surface area contributed by atoms with Crippen molar-refractivity contribution in [2.75, 3.05) is 11.1 Å². The Hall–Kier alpha value is -1.26. The van der Waals surface area contributed by atoms with Gasteiger partial charge in [0.25, 0.3) is 0 Å². The highest BCUT2D eigenvalue weighted by Gasteiger charge is 2.10. The summed E-state index contributed by atoms with van der Waals surface area (Å²) in [7, 11) is 0. The number of nitrogens with one attached hydrogen (secondary N) is 1. The number of anilines is 1. The first kappa shape index (κ1) is 16.1. The third-order valence-corrected chi connectivity index (χ3v) is 4.74. The van der Waals surface area contributed by atoms with E-state index in [1.807, 2.05) is 24.3 Å². The Morgan fingerprint density at radius 3 is 2.81 bits per heavy atom. The van der Waals surface area contributed by atoms with E-state index in [0.717, 1.165) is 17.0 Å². The molecule has 0 heterocycles. The van der Waals surface area contributed by atoms with Crippen molar-refractivity contribution in [2.45, 2.75) is 17.9 Å². The molecule has 0 spiro atoms. The molecule has 0 amide bonds. The first-order valence-electron chi connectivity index (χ1n) is 6.66. The highest BCUT2D eigenvalue weighted by atomic mass is 79.9. The van der Waals surface area contributed by atoms with Gasteiger partial charge in [-0.05, 0) is 52.7 Å². The van der Waals surface area contributed by atoms with Gasteiger partial charge in [-0.3, -0.25) is 0 Å². The van der Waals surface area contributed by atoms with E-state index < -0.39 is 0 Å². The minimum absolute atomic E-state index is 0.0902. The van der Waals surface area contributed by atoms with Crippen LogP contribution in [0.1, 0.15) is 18.5 Å². The molecule has 2 rings (SSSR count). The summed E-state index contributed by atoms with van der Waals surface area (Å²) in [6.07, 6.45) is 1.89. The quantitative estimate of drug-likeness (QED) is 0.494. The van der Waals surface area contributed by atoms with E-state index in [2.05, 4.69) is 46.9 Å². The zero-order chi connectivity index (χ0) is 15.2. The Balaban J connectivity index is 2.16. The van der Waals surface area contributed by atoms with Crippen molar-refractivity contribution in [2.24, 2.45) is 0 Å². The second kappa shape index (κ2) is 7.66.